The quantitative estimate of drug-likeness (QED) is 0.715. The van der Waals surface area contributed by atoms with Crippen LogP contribution in [0.3, 0.4) is 0 Å². The normalized spacial score (nSPS) is 24.6. The number of carbonyl (C=O) groups excluding carboxylic acids is 1. The first-order chi connectivity index (χ1) is 8.72. The molecule has 1 saturated carbocycles. The molecular formula is C13H22N4O. The molecule has 0 spiro atoms. The lowest BCUT2D eigenvalue weighted by Crippen LogP contribution is -2.38. The highest BCUT2D eigenvalue weighted by molar-refractivity contribution is 5.92. The monoisotopic (exact) mass is 250 g/mol. The van der Waals surface area contributed by atoms with E-state index in [1.807, 2.05) is 6.92 Å². The van der Waals surface area contributed by atoms with E-state index in [4.69, 9.17) is 5.73 Å². The highest BCUT2D eigenvalue weighted by atomic mass is 16.2. The van der Waals surface area contributed by atoms with Crippen molar-refractivity contribution in [2.45, 2.75) is 51.5 Å². The third kappa shape index (κ3) is 2.90. The number of nitrogens with one attached hydrogen (secondary N) is 2. The summed E-state index contributed by atoms with van der Waals surface area (Å²) in [5.74, 6) is 0.683. The predicted octanol–water partition coefficient (Wildman–Crippen LogP) is 1.82. The van der Waals surface area contributed by atoms with E-state index in [1.54, 1.807) is 6.20 Å². The van der Waals surface area contributed by atoms with Crippen LogP contribution < -0.4 is 11.1 Å². The van der Waals surface area contributed by atoms with Crippen molar-refractivity contribution in [3.05, 3.63) is 11.8 Å². The Kier molecular flexibility index (Phi) is 4.36. The number of nitrogens with zero attached hydrogens (tertiary/aromatic N) is 1. The van der Waals surface area contributed by atoms with Gasteiger partial charge in [-0.1, -0.05) is 26.2 Å². The molecule has 0 aliphatic heterocycles. The zero-order valence-corrected chi connectivity index (χ0v) is 10.9. The molecule has 2 atom stereocenters. The molecule has 1 aliphatic carbocycles. The van der Waals surface area contributed by atoms with Crippen LogP contribution in [-0.4, -0.2) is 22.1 Å². The predicted molar refractivity (Wildman–Crippen MR) is 71.1 cm³/mol. The number of aromatic nitrogens is 2. The van der Waals surface area contributed by atoms with Crippen LogP contribution >= 0.6 is 0 Å². The van der Waals surface area contributed by atoms with Crippen LogP contribution in [0.2, 0.25) is 0 Å². The largest absolute Gasteiger partial charge is 0.327 e. The molecule has 1 fully saturated rings. The molecule has 0 aromatic carbocycles. The van der Waals surface area contributed by atoms with Gasteiger partial charge in [0.15, 0.2) is 0 Å². The van der Waals surface area contributed by atoms with Crippen LogP contribution in [0.4, 0.5) is 5.82 Å². The Bertz CT molecular complexity index is 401. The molecule has 1 aromatic rings. The molecule has 0 bridgehead atoms. The first-order valence-electron chi connectivity index (χ1n) is 6.81. The molecule has 100 valence electrons. The lowest BCUT2D eigenvalue weighted by atomic mass is 9.94. The number of hydrogen-bond acceptors (Lipinski definition) is 3. The molecular weight excluding hydrogens is 228 g/mol. The van der Waals surface area contributed by atoms with Crippen molar-refractivity contribution in [3.8, 4) is 0 Å². The first kappa shape index (κ1) is 13.1. The molecule has 1 heterocycles. The van der Waals surface area contributed by atoms with Gasteiger partial charge in [0, 0.05) is 11.6 Å². The number of amides is 1. The number of nitrogens with two attached hydrogens (primary N) is 1. The van der Waals surface area contributed by atoms with E-state index in [9.17, 15) is 4.79 Å². The van der Waals surface area contributed by atoms with Crippen molar-refractivity contribution in [3.63, 3.8) is 0 Å². The Balaban J connectivity index is 2.02. The summed E-state index contributed by atoms with van der Waals surface area (Å²) < 4.78 is 0. The number of rotatable bonds is 3. The number of aromatic amines is 1. The topological polar surface area (TPSA) is 83.8 Å². The Morgan fingerprint density at radius 2 is 2.28 bits per heavy atom. The van der Waals surface area contributed by atoms with Gasteiger partial charge in [0.05, 0.1) is 12.1 Å². The van der Waals surface area contributed by atoms with Crippen molar-refractivity contribution in [2.24, 2.45) is 11.7 Å². The van der Waals surface area contributed by atoms with Gasteiger partial charge in [0.1, 0.15) is 5.82 Å². The van der Waals surface area contributed by atoms with E-state index < -0.39 is 0 Å². The van der Waals surface area contributed by atoms with Crippen molar-refractivity contribution in [1.82, 2.24) is 10.2 Å². The fourth-order valence-corrected chi connectivity index (χ4v) is 2.57. The van der Waals surface area contributed by atoms with Gasteiger partial charge < -0.3 is 11.1 Å². The summed E-state index contributed by atoms with van der Waals surface area (Å²) in [4.78, 5) is 12.3. The fourth-order valence-electron chi connectivity index (χ4n) is 2.57. The third-order valence-electron chi connectivity index (χ3n) is 3.75. The zero-order chi connectivity index (χ0) is 13.0. The highest BCUT2D eigenvalue weighted by Gasteiger charge is 2.27. The van der Waals surface area contributed by atoms with Gasteiger partial charge in [-0.15, -0.1) is 0 Å². The molecule has 1 aromatic heterocycles. The molecule has 1 amide bonds. The summed E-state index contributed by atoms with van der Waals surface area (Å²) >= 11 is 0. The lowest BCUT2D eigenvalue weighted by molar-refractivity contribution is -0.120. The number of anilines is 1. The SMILES string of the molecule is CCc1cn[nH]c1NC(=O)C1CCCCCC1N. The molecule has 0 saturated heterocycles. The summed E-state index contributed by atoms with van der Waals surface area (Å²) in [6, 6.07) is -0.0134. The molecule has 18 heavy (non-hydrogen) atoms. The average Bonchev–Trinajstić information content (AvgIpc) is 2.69. The van der Waals surface area contributed by atoms with E-state index in [1.165, 1.54) is 6.42 Å². The maximum Gasteiger partial charge on any atom is 0.230 e. The number of H-pyrrole nitrogens is 1. The minimum absolute atomic E-state index is 0.0134. The van der Waals surface area contributed by atoms with Crippen molar-refractivity contribution < 1.29 is 4.79 Å². The van der Waals surface area contributed by atoms with Gasteiger partial charge in [-0.3, -0.25) is 9.89 Å². The minimum atomic E-state index is -0.0690. The molecule has 2 rings (SSSR count). The van der Waals surface area contributed by atoms with Crippen LogP contribution in [0, 0.1) is 5.92 Å². The van der Waals surface area contributed by atoms with Crippen LogP contribution in [-0.2, 0) is 11.2 Å². The second-order valence-corrected chi connectivity index (χ2v) is 5.02. The number of hydrogen-bond donors (Lipinski definition) is 3. The highest BCUT2D eigenvalue weighted by Crippen LogP contribution is 2.24. The summed E-state index contributed by atoms with van der Waals surface area (Å²) in [5, 5.41) is 9.72. The van der Waals surface area contributed by atoms with Crippen LogP contribution in [0.5, 0.6) is 0 Å². The smallest absolute Gasteiger partial charge is 0.230 e. The van der Waals surface area contributed by atoms with Gasteiger partial charge in [0.25, 0.3) is 0 Å². The molecule has 5 nitrogen and oxygen atoms in total. The fraction of sp³-hybridized carbons (Fsp3) is 0.692. The van der Waals surface area contributed by atoms with E-state index in [2.05, 4.69) is 15.5 Å². The van der Waals surface area contributed by atoms with Crippen LogP contribution in [0.25, 0.3) is 0 Å². The maximum absolute atomic E-state index is 12.3. The van der Waals surface area contributed by atoms with Crippen molar-refractivity contribution >= 4 is 11.7 Å². The van der Waals surface area contributed by atoms with E-state index in [0.29, 0.717) is 0 Å². The van der Waals surface area contributed by atoms with E-state index in [-0.39, 0.29) is 17.9 Å². The molecule has 5 heteroatoms. The molecule has 2 unspecified atom stereocenters. The Morgan fingerprint density at radius 1 is 1.50 bits per heavy atom. The summed E-state index contributed by atoms with van der Waals surface area (Å²) in [5.41, 5.74) is 7.13. The molecule has 0 radical (unpaired) electrons. The zero-order valence-electron chi connectivity index (χ0n) is 10.9. The Labute approximate surface area is 108 Å². The standard InChI is InChI=1S/C13H22N4O/c1-2-9-8-15-17-12(9)16-13(18)10-6-4-3-5-7-11(10)14/h8,10-11H,2-7,14H2,1H3,(H2,15,16,17,18). The van der Waals surface area contributed by atoms with Crippen molar-refractivity contribution in [1.29, 1.82) is 0 Å². The second-order valence-electron chi connectivity index (χ2n) is 5.02. The van der Waals surface area contributed by atoms with Gasteiger partial charge in [-0.2, -0.15) is 5.10 Å². The number of aryl methyl sites for hydroxylation is 1. The Morgan fingerprint density at radius 3 is 3.06 bits per heavy atom. The lowest BCUT2D eigenvalue weighted by Gasteiger charge is -2.20. The summed E-state index contributed by atoms with van der Waals surface area (Å²) in [6.45, 7) is 2.04. The van der Waals surface area contributed by atoms with E-state index in [0.717, 1.165) is 43.5 Å². The third-order valence-corrected chi connectivity index (χ3v) is 3.75. The first-order valence-corrected chi connectivity index (χ1v) is 6.81. The van der Waals surface area contributed by atoms with Gasteiger partial charge in [-0.25, -0.2) is 0 Å². The van der Waals surface area contributed by atoms with Crippen molar-refractivity contribution in [2.75, 3.05) is 5.32 Å². The maximum atomic E-state index is 12.3. The molecule has 4 N–H and O–H groups in total. The summed E-state index contributed by atoms with van der Waals surface area (Å²) in [7, 11) is 0. The van der Waals surface area contributed by atoms with Gasteiger partial charge >= 0.3 is 0 Å². The average molecular weight is 250 g/mol. The van der Waals surface area contributed by atoms with Gasteiger partial charge in [-0.05, 0) is 19.3 Å². The minimum Gasteiger partial charge on any atom is -0.327 e. The Hall–Kier alpha value is -1.36. The van der Waals surface area contributed by atoms with Crippen LogP contribution in [0.15, 0.2) is 6.20 Å². The summed E-state index contributed by atoms with van der Waals surface area (Å²) in [6.07, 6.45) is 7.85. The van der Waals surface area contributed by atoms with Gasteiger partial charge in [0.2, 0.25) is 5.91 Å². The molecule has 1 aliphatic rings. The number of carbonyl (C=O) groups is 1. The van der Waals surface area contributed by atoms with E-state index >= 15 is 0 Å². The van der Waals surface area contributed by atoms with Crippen LogP contribution in [0.1, 0.15) is 44.6 Å². The second kappa shape index (κ2) is 6.00.